The summed E-state index contributed by atoms with van der Waals surface area (Å²) >= 11 is 1.88. The average molecular weight is 302 g/mol. The van der Waals surface area contributed by atoms with Gasteiger partial charge in [0.2, 0.25) is 0 Å². The maximum absolute atomic E-state index is 11.5. The number of pyridine rings is 1. The lowest BCUT2D eigenvalue weighted by Gasteiger charge is -2.16. The Morgan fingerprint density at radius 2 is 2.19 bits per heavy atom. The first kappa shape index (κ1) is 14.2. The summed E-state index contributed by atoms with van der Waals surface area (Å²) < 4.78 is 0. The third-order valence-electron chi connectivity index (χ3n) is 4.01. The number of nitrogens with one attached hydrogen (secondary N) is 1. The van der Waals surface area contributed by atoms with Crippen molar-refractivity contribution >= 4 is 34.5 Å². The Hall–Kier alpha value is -1.75. The normalized spacial score (nSPS) is 21.6. The van der Waals surface area contributed by atoms with E-state index in [1.807, 2.05) is 36.0 Å². The number of fused-ring (bicyclic) bond motifs is 1. The number of thioether (sulfide) groups is 1. The van der Waals surface area contributed by atoms with Crippen molar-refractivity contribution < 1.29 is 9.90 Å². The van der Waals surface area contributed by atoms with Crippen molar-refractivity contribution in [3.8, 4) is 0 Å². The Bertz CT molecular complexity index is 674. The van der Waals surface area contributed by atoms with E-state index in [1.165, 1.54) is 6.42 Å². The summed E-state index contributed by atoms with van der Waals surface area (Å²) in [7, 11) is 0. The van der Waals surface area contributed by atoms with Crippen LogP contribution in [0.3, 0.4) is 0 Å². The summed E-state index contributed by atoms with van der Waals surface area (Å²) in [6.45, 7) is 0. The van der Waals surface area contributed by atoms with E-state index < -0.39 is 5.97 Å². The molecule has 0 saturated heterocycles. The number of para-hydroxylation sites is 1. The predicted molar refractivity (Wildman–Crippen MR) is 87.3 cm³/mol. The molecule has 5 heteroatoms. The second-order valence-corrected chi connectivity index (χ2v) is 6.53. The van der Waals surface area contributed by atoms with Crippen molar-refractivity contribution in [3.05, 3.63) is 35.9 Å². The first-order chi connectivity index (χ1) is 10.2. The molecular weight excluding hydrogens is 284 g/mol. The van der Waals surface area contributed by atoms with E-state index in [9.17, 15) is 9.90 Å². The van der Waals surface area contributed by atoms with E-state index in [4.69, 9.17) is 0 Å². The number of hydrogen-bond donors (Lipinski definition) is 2. The highest BCUT2D eigenvalue weighted by Gasteiger charge is 2.25. The number of carbonyl (C=O) groups is 1. The smallest absolute Gasteiger partial charge is 0.339 e. The minimum atomic E-state index is -0.935. The summed E-state index contributed by atoms with van der Waals surface area (Å²) in [5.74, 6) is -0.442. The third-order valence-corrected chi connectivity index (χ3v) is 5.11. The van der Waals surface area contributed by atoms with E-state index in [0.717, 1.165) is 23.7 Å². The number of aromatic nitrogens is 1. The van der Waals surface area contributed by atoms with Crippen LogP contribution in [0.5, 0.6) is 0 Å². The fourth-order valence-corrected chi connectivity index (χ4v) is 3.66. The van der Waals surface area contributed by atoms with Crippen molar-refractivity contribution in [2.45, 2.75) is 30.6 Å². The summed E-state index contributed by atoms with van der Waals surface area (Å²) in [5.41, 5.74) is 1.07. The molecule has 0 aliphatic heterocycles. The number of nitrogens with zero attached hydrogens (tertiary/aromatic N) is 1. The molecular formula is C16H18N2O2S. The van der Waals surface area contributed by atoms with Gasteiger partial charge in [-0.2, -0.15) is 11.8 Å². The molecule has 1 aromatic heterocycles. The van der Waals surface area contributed by atoms with Crippen LogP contribution in [0.15, 0.2) is 30.3 Å². The summed E-state index contributed by atoms with van der Waals surface area (Å²) in [5, 5.41) is 14.3. The number of carboxylic acids is 1. The van der Waals surface area contributed by atoms with Gasteiger partial charge in [-0.3, -0.25) is 0 Å². The van der Waals surface area contributed by atoms with Gasteiger partial charge >= 0.3 is 5.97 Å². The van der Waals surface area contributed by atoms with Crippen molar-refractivity contribution in [2.75, 3.05) is 11.6 Å². The molecule has 0 amide bonds. The van der Waals surface area contributed by atoms with Crippen molar-refractivity contribution in [1.29, 1.82) is 0 Å². The van der Waals surface area contributed by atoms with Crippen LogP contribution in [-0.4, -0.2) is 33.6 Å². The van der Waals surface area contributed by atoms with Gasteiger partial charge in [0.15, 0.2) is 0 Å². The Morgan fingerprint density at radius 1 is 1.38 bits per heavy atom. The lowest BCUT2D eigenvalue weighted by atomic mass is 10.1. The van der Waals surface area contributed by atoms with Gasteiger partial charge in [-0.25, -0.2) is 9.78 Å². The third kappa shape index (κ3) is 2.97. The van der Waals surface area contributed by atoms with E-state index in [0.29, 0.717) is 17.1 Å². The molecule has 1 heterocycles. The number of carboxylic acid groups (broad SMARTS) is 1. The highest BCUT2D eigenvalue weighted by atomic mass is 32.2. The maximum atomic E-state index is 11.5. The van der Waals surface area contributed by atoms with Crippen LogP contribution >= 0.6 is 11.8 Å². The van der Waals surface area contributed by atoms with Gasteiger partial charge in [0, 0.05) is 16.7 Å². The highest BCUT2D eigenvalue weighted by molar-refractivity contribution is 7.99. The average Bonchev–Trinajstić information content (AvgIpc) is 2.94. The molecule has 1 aromatic carbocycles. The zero-order valence-corrected chi connectivity index (χ0v) is 12.7. The monoisotopic (exact) mass is 302 g/mol. The van der Waals surface area contributed by atoms with Gasteiger partial charge in [0.05, 0.1) is 5.52 Å². The second-order valence-electron chi connectivity index (χ2n) is 5.39. The van der Waals surface area contributed by atoms with Crippen LogP contribution in [0.1, 0.15) is 29.6 Å². The predicted octanol–water partition coefficient (Wildman–Crippen LogP) is 3.63. The zero-order chi connectivity index (χ0) is 14.8. The van der Waals surface area contributed by atoms with Crippen LogP contribution in [-0.2, 0) is 0 Å². The zero-order valence-electron chi connectivity index (χ0n) is 11.9. The lowest BCUT2D eigenvalue weighted by molar-refractivity contribution is 0.0697. The molecule has 1 saturated carbocycles. The molecule has 2 atom stereocenters. The number of hydrogen-bond acceptors (Lipinski definition) is 4. The number of aromatic carboxylic acids is 1. The van der Waals surface area contributed by atoms with Crippen LogP contribution in [0.2, 0.25) is 0 Å². The first-order valence-electron chi connectivity index (χ1n) is 7.10. The van der Waals surface area contributed by atoms with Crippen LogP contribution < -0.4 is 5.32 Å². The second kappa shape index (κ2) is 5.93. The van der Waals surface area contributed by atoms with Crippen LogP contribution in [0.25, 0.3) is 10.9 Å². The standard InChI is InChI=1S/C16H18N2O2S/c1-21-12-7-6-11(9-12)17-15-13(16(19)20)8-10-4-2-3-5-14(10)18-15/h2-5,8,11-12H,6-7,9H2,1H3,(H,17,18)(H,19,20). The van der Waals surface area contributed by atoms with Crippen molar-refractivity contribution in [2.24, 2.45) is 0 Å². The molecule has 3 rings (SSSR count). The molecule has 2 unspecified atom stereocenters. The SMILES string of the molecule is CSC1CCC(Nc2nc3ccccc3cc2C(=O)O)C1. The first-order valence-corrected chi connectivity index (χ1v) is 8.38. The van der Waals surface area contributed by atoms with Crippen molar-refractivity contribution in [1.82, 2.24) is 4.98 Å². The lowest BCUT2D eigenvalue weighted by Crippen LogP contribution is -2.19. The Balaban J connectivity index is 1.92. The summed E-state index contributed by atoms with van der Waals surface area (Å²) in [6, 6.07) is 9.62. The number of rotatable bonds is 4. The molecule has 1 fully saturated rings. The number of anilines is 1. The molecule has 110 valence electrons. The van der Waals surface area contributed by atoms with E-state index >= 15 is 0 Å². The molecule has 1 aliphatic rings. The minimum Gasteiger partial charge on any atom is -0.478 e. The Labute approximate surface area is 128 Å². The van der Waals surface area contributed by atoms with Gasteiger partial charge in [-0.05, 0) is 37.7 Å². The van der Waals surface area contributed by atoms with Crippen molar-refractivity contribution in [3.63, 3.8) is 0 Å². The fourth-order valence-electron chi connectivity index (χ4n) is 2.87. The van der Waals surface area contributed by atoms with E-state index in [2.05, 4.69) is 16.6 Å². The molecule has 0 bridgehead atoms. The topological polar surface area (TPSA) is 62.2 Å². The largest absolute Gasteiger partial charge is 0.478 e. The van der Waals surface area contributed by atoms with Gasteiger partial charge < -0.3 is 10.4 Å². The van der Waals surface area contributed by atoms with E-state index in [-0.39, 0.29) is 5.56 Å². The van der Waals surface area contributed by atoms with Gasteiger partial charge in [0.1, 0.15) is 11.4 Å². The van der Waals surface area contributed by atoms with Gasteiger partial charge in [0.25, 0.3) is 0 Å². The van der Waals surface area contributed by atoms with E-state index in [1.54, 1.807) is 6.07 Å². The summed E-state index contributed by atoms with van der Waals surface area (Å²) in [6.07, 6.45) is 5.44. The molecule has 1 aliphatic carbocycles. The molecule has 2 aromatic rings. The molecule has 21 heavy (non-hydrogen) atoms. The maximum Gasteiger partial charge on any atom is 0.339 e. The molecule has 0 spiro atoms. The quantitative estimate of drug-likeness (QED) is 0.903. The Kier molecular flexibility index (Phi) is 4.01. The molecule has 4 nitrogen and oxygen atoms in total. The summed E-state index contributed by atoms with van der Waals surface area (Å²) in [4.78, 5) is 16.0. The number of benzene rings is 1. The Morgan fingerprint density at radius 3 is 2.90 bits per heavy atom. The molecule has 2 N–H and O–H groups in total. The van der Waals surface area contributed by atoms with Crippen LogP contribution in [0.4, 0.5) is 5.82 Å². The highest BCUT2D eigenvalue weighted by Crippen LogP contribution is 2.31. The van der Waals surface area contributed by atoms with Crippen LogP contribution in [0, 0.1) is 0 Å². The molecule has 0 radical (unpaired) electrons. The van der Waals surface area contributed by atoms with Gasteiger partial charge in [-0.1, -0.05) is 18.2 Å². The fraction of sp³-hybridized carbons (Fsp3) is 0.375. The minimum absolute atomic E-state index is 0.251. The van der Waals surface area contributed by atoms with Gasteiger partial charge in [-0.15, -0.1) is 0 Å².